The molecule has 0 spiro atoms. The topological polar surface area (TPSA) is 71.4 Å². The zero-order chi connectivity index (χ0) is 26.1. The van der Waals surface area contributed by atoms with Gasteiger partial charge in [0.15, 0.2) is 11.5 Å². The van der Waals surface area contributed by atoms with Crippen LogP contribution >= 0.6 is 27.5 Å². The largest absolute Gasteiger partial charge is 0.490 e. The van der Waals surface area contributed by atoms with Crippen LogP contribution in [0.25, 0.3) is 6.08 Å². The number of nitrogens with one attached hydrogen (secondary N) is 1. The first-order valence-corrected chi connectivity index (χ1v) is 12.5. The Balaban J connectivity index is 1.92. The number of rotatable bonds is 10. The fraction of sp³-hybridized carbons (Fsp3) is 0.172. The van der Waals surface area contributed by atoms with E-state index in [0.29, 0.717) is 47.4 Å². The fourth-order valence-corrected chi connectivity index (χ4v) is 3.87. The molecule has 0 radical (unpaired) electrons. The van der Waals surface area contributed by atoms with Crippen LogP contribution in [-0.2, 0) is 17.8 Å². The van der Waals surface area contributed by atoms with Gasteiger partial charge in [0.05, 0.1) is 6.61 Å². The number of carbonyl (C=O) groups excluding carboxylic acids is 1. The van der Waals surface area contributed by atoms with Crippen molar-refractivity contribution in [1.29, 1.82) is 5.26 Å². The molecule has 0 aliphatic carbocycles. The average molecular weight is 566 g/mol. The highest BCUT2D eigenvalue weighted by Crippen LogP contribution is 2.35. The van der Waals surface area contributed by atoms with Crippen LogP contribution < -0.4 is 14.8 Å². The summed E-state index contributed by atoms with van der Waals surface area (Å²) in [4.78, 5) is 12.8. The van der Waals surface area contributed by atoms with Gasteiger partial charge < -0.3 is 14.8 Å². The number of ether oxygens (including phenoxy) is 2. The number of benzene rings is 3. The number of carbonyl (C=O) groups is 1. The Labute approximate surface area is 225 Å². The van der Waals surface area contributed by atoms with Crippen LogP contribution in [0, 0.1) is 18.3 Å². The van der Waals surface area contributed by atoms with Crippen molar-refractivity contribution in [2.24, 2.45) is 0 Å². The summed E-state index contributed by atoms with van der Waals surface area (Å²) in [5, 5.41) is 12.9. The minimum Gasteiger partial charge on any atom is -0.490 e. The van der Waals surface area contributed by atoms with Crippen molar-refractivity contribution < 1.29 is 14.3 Å². The number of halogens is 2. The maximum atomic E-state index is 12.8. The third-order valence-corrected chi connectivity index (χ3v) is 6.16. The van der Waals surface area contributed by atoms with Crippen LogP contribution in [0.15, 0.2) is 77.3 Å². The molecule has 3 rings (SSSR count). The van der Waals surface area contributed by atoms with Gasteiger partial charge in [-0.1, -0.05) is 51.8 Å². The predicted molar refractivity (Wildman–Crippen MR) is 148 cm³/mol. The molecule has 0 aromatic heterocycles. The Kier molecular flexibility index (Phi) is 9.75. The maximum absolute atomic E-state index is 12.8. The lowest BCUT2D eigenvalue weighted by atomic mass is 10.0. The molecule has 0 aliphatic heterocycles. The number of allylic oxidation sites excluding steroid dienone is 1. The number of anilines is 1. The van der Waals surface area contributed by atoms with E-state index in [4.69, 9.17) is 21.1 Å². The van der Waals surface area contributed by atoms with E-state index in [0.717, 1.165) is 21.2 Å². The number of nitriles is 1. The fourth-order valence-electron chi connectivity index (χ4n) is 3.42. The molecule has 5 nitrogen and oxygen atoms in total. The lowest BCUT2D eigenvalue weighted by molar-refractivity contribution is -0.112. The van der Waals surface area contributed by atoms with E-state index in [1.807, 2.05) is 50.2 Å². The van der Waals surface area contributed by atoms with Crippen molar-refractivity contribution in [2.45, 2.75) is 26.9 Å². The summed E-state index contributed by atoms with van der Waals surface area (Å²) in [6, 6.07) is 18.7. The van der Waals surface area contributed by atoms with Gasteiger partial charge in [-0.15, -0.1) is 6.58 Å². The van der Waals surface area contributed by atoms with Gasteiger partial charge >= 0.3 is 0 Å². The van der Waals surface area contributed by atoms with Gasteiger partial charge in [0, 0.05) is 20.7 Å². The molecule has 1 N–H and O–H groups in total. The van der Waals surface area contributed by atoms with E-state index in [1.165, 1.54) is 6.08 Å². The quantitative estimate of drug-likeness (QED) is 0.156. The standard InChI is InChI=1S/C29H26BrClN2O3/c1-4-6-22-13-21(14-23(17-32)29(34)33-25-12-7-19(3)26(31)16-25)15-27(35-5-2)28(22)36-18-20-8-10-24(30)11-9-20/h4,7-16H,1,5-6,18H2,2-3H3,(H,33,34)/b23-14-. The molecule has 36 heavy (non-hydrogen) atoms. The molecule has 184 valence electrons. The smallest absolute Gasteiger partial charge is 0.266 e. The van der Waals surface area contributed by atoms with E-state index in [9.17, 15) is 10.1 Å². The summed E-state index contributed by atoms with van der Waals surface area (Å²) < 4.78 is 13.0. The molecule has 0 bridgehead atoms. The van der Waals surface area contributed by atoms with Gasteiger partial charge in [-0.2, -0.15) is 5.26 Å². The first-order valence-electron chi connectivity index (χ1n) is 11.3. The Morgan fingerprint density at radius 1 is 1.17 bits per heavy atom. The van der Waals surface area contributed by atoms with Gasteiger partial charge in [0.25, 0.3) is 5.91 Å². The van der Waals surface area contributed by atoms with Crippen molar-refractivity contribution >= 4 is 45.2 Å². The second kappa shape index (κ2) is 13.0. The van der Waals surface area contributed by atoms with Crippen molar-refractivity contribution in [3.05, 3.63) is 105 Å². The van der Waals surface area contributed by atoms with Gasteiger partial charge in [-0.25, -0.2) is 0 Å². The minimum atomic E-state index is -0.531. The molecule has 0 fully saturated rings. The summed E-state index contributed by atoms with van der Waals surface area (Å²) in [5.74, 6) is 0.605. The third-order valence-electron chi connectivity index (χ3n) is 5.22. The molecule has 7 heteroatoms. The van der Waals surface area contributed by atoms with Crippen LogP contribution in [0.5, 0.6) is 11.5 Å². The molecule has 0 aliphatic rings. The zero-order valence-electron chi connectivity index (χ0n) is 20.1. The lowest BCUT2D eigenvalue weighted by Gasteiger charge is -2.17. The molecule has 1 amide bonds. The van der Waals surface area contributed by atoms with Crippen LogP contribution in [0.1, 0.15) is 29.2 Å². The van der Waals surface area contributed by atoms with Gasteiger partial charge in [0.1, 0.15) is 18.2 Å². The second-order valence-electron chi connectivity index (χ2n) is 7.94. The highest BCUT2D eigenvalue weighted by Gasteiger charge is 2.16. The van der Waals surface area contributed by atoms with Crippen LogP contribution in [0.3, 0.4) is 0 Å². The van der Waals surface area contributed by atoms with E-state index in [-0.39, 0.29) is 5.57 Å². The van der Waals surface area contributed by atoms with Crippen LogP contribution in [0.4, 0.5) is 5.69 Å². The number of nitrogens with zero attached hydrogens (tertiary/aromatic N) is 1. The van der Waals surface area contributed by atoms with E-state index in [2.05, 4.69) is 27.8 Å². The number of hydrogen-bond acceptors (Lipinski definition) is 4. The summed E-state index contributed by atoms with van der Waals surface area (Å²) in [5.41, 5.74) is 3.83. The third kappa shape index (κ3) is 7.24. The first-order chi connectivity index (χ1) is 17.3. The normalized spacial score (nSPS) is 10.9. The molecule has 0 atom stereocenters. The SMILES string of the molecule is C=CCc1cc(/C=C(/C#N)C(=O)Nc2ccc(C)c(Cl)c2)cc(OCC)c1OCc1ccc(Br)cc1. The Morgan fingerprint density at radius 3 is 2.56 bits per heavy atom. The molecule has 3 aromatic rings. The van der Waals surface area contributed by atoms with Crippen LogP contribution in [-0.4, -0.2) is 12.5 Å². The number of amides is 1. The van der Waals surface area contributed by atoms with Gasteiger partial charge in [-0.05, 0) is 79.4 Å². The first kappa shape index (κ1) is 27.1. The minimum absolute atomic E-state index is 0.0535. The molecular formula is C29H26BrClN2O3. The monoisotopic (exact) mass is 564 g/mol. The summed E-state index contributed by atoms with van der Waals surface area (Å²) in [6.45, 7) is 8.39. The summed E-state index contributed by atoms with van der Waals surface area (Å²) in [7, 11) is 0. The van der Waals surface area contributed by atoms with Crippen molar-refractivity contribution in [3.63, 3.8) is 0 Å². The summed E-state index contributed by atoms with van der Waals surface area (Å²) in [6.07, 6.45) is 3.82. The van der Waals surface area contributed by atoms with Gasteiger partial charge in [0.2, 0.25) is 0 Å². The number of hydrogen-bond donors (Lipinski definition) is 1. The second-order valence-corrected chi connectivity index (χ2v) is 9.26. The maximum Gasteiger partial charge on any atom is 0.266 e. The van der Waals surface area contributed by atoms with Crippen molar-refractivity contribution in [2.75, 3.05) is 11.9 Å². The summed E-state index contributed by atoms with van der Waals surface area (Å²) >= 11 is 9.59. The molecule has 0 saturated heterocycles. The number of aryl methyl sites for hydroxylation is 1. The van der Waals surface area contributed by atoms with Crippen LogP contribution in [0.2, 0.25) is 5.02 Å². The average Bonchev–Trinajstić information content (AvgIpc) is 2.85. The molecular weight excluding hydrogens is 540 g/mol. The Morgan fingerprint density at radius 2 is 1.92 bits per heavy atom. The van der Waals surface area contributed by atoms with E-state index >= 15 is 0 Å². The molecule has 0 heterocycles. The molecule has 0 unspecified atom stereocenters. The van der Waals surface area contributed by atoms with E-state index < -0.39 is 5.91 Å². The predicted octanol–water partition coefficient (Wildman–Crippen LogP) is 7.66. The molecule has 3 aromatic carbocycles. The lowest BCUT2D eigenvalue weighted by Crippen LogP contribution is -2.13. The Bertz CT molecular complexity index is 1330. The zero-order valence-corrected chi connectivity index (χ0v) is 22.4. The Hall–Kier alpha value is -3.53. The van der Waals surface area contributed by atoms with E-state index in [1.54, 1.807) is 30.3 Å². The highest BCUT2D eigenvalue weighted by atomic mass is 79.9. The van der Waals surface area contributed by atoms with Crippen molar-refractivity contribution in [3.8, 4) is 17.6 Å². The van der Waals surface area contributed by atoms with Crippen molar-refractivity contribution in [1.82, 2.24) is 0 Å². The molecule has 0 saturated carbocycles. The van der Waals surface area contributed by atoms with Gasteiger partial charge in [-0.3, -0.25) is 4.79 Å². The highest BCUT2D eigenvalue weighted by molar-refractivity contribution is 9.10.